The predicted octanol–water partition coefficient (Wildman–Crippen LogP) is 1.58. The molecule has 0 spiro atoms. The summed E-state index contributed by atoms with van der Waals surface area (Å²) in [7, 11) is 3.97. The Morgan fingerprint density at radius 1 is 1.39 bits per heavy atom. The molecule has 3 heteroatoms. The highest BCUT2D eigenvalue weighted by molar-refractivity contribution is 5.32. The van der Waals surface area contributed by atoms with Crippen molar-refractivity contribution in [2.45, 2.75) is 31.4 Å². The maximum absolute atomic E-state index is 9.89. The first-order valence-electron chi connectivity index (χ1n) is 6.81. The average molecular weight is 248 g/mol. The van der Waals surface area contributed by atoms with Crippen molar-refractivity contribution in [2.24, 2.45) is 0 Å². The second kappa shape index (κ2) is 6.32. The van der Waals surface area contributed by atoms with E-state index in [9.17, 15) is 5.11 Å². The zero-order chi connectivity index (χ0) is 13.0. The molecule has 0 saturated carbocycles. The number of aryl methyl sites for hydroxylation is 1. The molecular weight excluding hydrogens is 224 g/mol. The van der Waals surface area contributed by atoms with Crippen LogP contribution in [0.5, 0.6) is 0 Å². The van der Waals surface area contributed by atoms with Gasteiger partial charge in [-0.05, 0) is 44.5 Å². The lowest BCUT2D eigenvalue weighted by molar-refractivity contribution is 0.130. The highest BCUT2D eigenvalue weighted by Crippen LogP contribution is 2.29. The van der Waals surface area contributed by atoms with Gasteiger partial charge in [0.05, 0.1) is 6.10 Å². The Bertz CT molecular complexity index is 379. The monoisotopic (exact) mass is 248 g/mol. The number of hydrogen-bond donors (Lipinski definition) is 2. The quantitative estimate of drug-likeness (QED) is 0.830. The number of aliphatic hydroxyl groups excluding tert-OH is 1. The van der Waals surface area contributed by atoms with Crippen LogP contribution in [0.15, 0.2) is 24.3 Å². The van der Waals surface area contributed by atoms with E-state index in [1.54, 1.807) is 0 Å². The van der Waals surface area contributed by atoms with Crippen molar-refractivity contribution in [3.63, 3.8) is 0 Å². The lowest BCUT2D eigenvalue weighted by atomic mass is 9.88. The summed E-state index contributed by atoms with van der Waals surface area (Å²) in [5, 5.41) is 13.4. The topological polar surface area (TPSA) is 35.5 Å². The first kappa shape index (κ1) is 13.5. The molecule has 2 rings (SSSR count). The average Bonchev–Trinajstić information content (AvgIpc) is 2.35. The maximum atomic E-state index is 9.89. The Balaban J connectivity index is 1.91. The van der Waals surface area contributed by atoms with Gasteiger partial charge >= 0.3 is 0 Å². The molecule has 0 radical (unpaired) electrons. The highest BCUT2D eigenvalue weighted by atomic mass is 16.3. The molecule has 0 aromatic heterocycles. The van der Waals surface area contributed by atoms with Crippen molar-refractivity contribution in [1.29, 1.82) is 0 Å². The molecule has 100 valence electrons. The summed E-state index contributed by atoms with van der Waals surface area (Å²) in [6.07, 6.45) is 3.30. The van der Waals surface area contributed by atoms with Crippen LogP contribution in [0.1, 0.15) is 30.0 Å². The van der Waals surface area contributed by atoms with Gasteiger partial charge in [0.1, 0.15) is 0 Å². The summed E-state index contributed by atoms with van der Waals surface area (Å²) in [5.74, 6) is 0. The van der Waals surface area contributed by atoms with Crippen molar-refractivity contribution in [1.82, 2.24) is 10.2 Å². The summed E-state index contributed by atoms with van der Waals surface area (Å²) in [4.78, 5) is 2.02. The second-order valence-electron chi connectivity index (χ2n) is 5.47. The Hall–Kier alpha value is -0.900. The van der Waals surface area contributed by atoms with Crippen molar-refractivity contribution in [2.75, 3.05) is 27.2 Å². The number of nitrogens with one attached hydrogen (secondary N) is 1. The summed E-state index contributed by atoms with van der Waals surface area (Å²) in [5.41, 5.74) is 2.88. The highest BCUT2D eigenvalue weighted by Gasteiger charge is 2.19. The molecular formula is C15H24N2O. The minimum atomic E-state index is -0.297. The molecule has 1 aromatic rings. The predicted molar refractivity (Wildman–Crippen MR) is 74.7 cm³/mol. The Kier molecular flexibility index (Phi) is 4.75. The lowest BCUT2D eigenvalue weighted by Gasteiger charge is -2.28. The minimum Gasteiger partial charge on any atom is -0.390 e. The number of hydrogen-bond acceptors (Lipinski definition) is 3. The van der Waals surface area contributed by atoms with Crippen LogP contribution in [0.4, 0.5) is 0 Å². The third-order valence-corrected chi connectivity index (χ3v) is 3.55. The van der Waals surface area contributed by atoms with Crippen LogP contribution in [-0.2, 0) is 6.42 Å². The van der Waals surface area contributed by atoms with Gasteiger partial charge in [0.15, 0.2) is 0 Å². The van der Waals surface area contributed by atoms with Crippen LogP contribution in [0, 0.1) is 0 Å². The minimum absolute atomic E-state index is 0.297. The number of benzene rings is 1. The molecule has 0 amide bonds. The standard InChI is InChI=1S/C15H24N2O/c1-17(2)11-13(18)10-16-15-9-5-7-12-6-3-4-8-14(12)15/h3-4,6,8,13,15-16,18H,5,7,9-11H2,1-2H3. The van der Waals surface area contributed by atoms with Crippen molar-refractivity contribution in [3.05, 3.63) is 35.4 Å². The fraction of sp³-hybridized carbons (Fsp3) is 0.600. The molecule has 18 heavy (non-hydrogen) atoms. The SMILES string of the molecule is CN(C)CC(O)CNC1CCCc2ccccc21. The van der Waals surface area contributed by atoms with Gasteiger partial charge in [-0.15, -0.1) is 0 Å². The summed E-state index contributed by atoms with van der Waals surface area (Å²) < 4.78 is 0. The van der Waals surface area contributed by atoms with Crippen LogP contribution in [-0.4, -0.2) is 43.3 Å². The van der Waals surface area contributed by atoms with Gasteiger partial charge in [-0.25, -0.2) is 0 Å². The molecule has 0 fully saturated rings. The Morgan fingerprint density at radius 2 is 2.17 bits per heavy atom. The van der Waals surface area contributed by atoms with Crippen LogP contribution < -0.4 is 5.32 Å². The van der Waals surface area contributed by atoms with Crippen LogP contribution in [0.2, 0.25) is 0 Å². The van der Waals surface area contributed by atoms with Crippen LogP contribution in [0.25, 0.3) is 0 Å². The third kappa shape index (κ3) is 3.55. The van der Waals surface area contributed by atoms with Gasteiger partial charge in [0.25, 0.3) is 0 Å². The lowest BCUT2D eigenvalue weighted by Crippen LogP contribution is -2.37. The zero-order valence-electron chi connectivity index (χ0n) is 11.4. The molecule has 0 heterocycles. The summed E-state index contributed by atoms with van der Waals surface area (Å²) in [6, 6.07) is 9.06. The third-order valence-electron chi connectivity index (χ3n) is 3.55. The maximum Gasteiger partial charge on any atom is 0.0791 e. The second-order valence-corrected chi connectivity index (χ2v) is 5.47. The number of rotatable bonds is 5. The Morgan fingerprint density at radius 3 is 2.94 bits per heavy atom. The van der Waals surface area contributed by atoms with E-state index >= 15 is 0 Å². The van der Waals surface area contributed by atoms with Gasteiger partial charge in [0.2, 0.25) is 0 Å². The van der Waals surface area contributed by atoms with E-state index in [1.807, 2.05) is 19.0 Å². The molecule has 0 saturated heterocycles. The van der Waals surface area contributed by atoms with E-state index in [2.05, 4.69) is 29.6 Å². The number of likely N-dealkylation sites (N-methyl/N-ethyl adjacent to an activating group) is 1. The first-order valence-corrected chi connectivity index (χ1v) is 6.81. The van der Waals surface area contributed by atoms with Crippen molar-refractivity contribution in [3.8, 4) is 0 Å². The number of nitrogens with zero attached hydrogens (tertiary/aromatic N) is 1. The Labute approximate surface area is 110 Å². The molecule has 2 atom stereocenters. The van der Waals surface area contributed by atoms with Crippen LogP contribution in [0.3, 0.4) is 0 Å². The fourth-order valence-corrected chi connectivity index (χ4v) is 2.73. The largest absolute Gasteiger partial charge is 0.390 e. The molecule has 2 unspecified atom stereocenters. The van der Waals surface area contributed by atoms with Gasteiger partial charge in [0, 0.05) is 19.1 Å². The van der Waals surface area contributed by atoms with E-state index in [-0.39, 0.29) is 6.10 Å². The van der Waals surface area contributed by atoms with Gasteiger partial charge in [-0.1, -0.05) is 24.3 Å². The van der Waals surface area contributed by atoms with E-state index in [0.717, 1.165) is 0 Å². The fourth-order valence-electron chi connectivity index (χ4n) is 2.73. The molecule has 1 aliphatic carbocycles. The summed E-state index contributed by atoms with van der Waals surface area (Å²) >= 11 is 0. The van der Waals surface area contributed by atoms with Gasteiger partial charge in [-0.2, -0.15) is 0 Å². The van der Waals surface area contributed by atoms with Crippen LogP contribution >= 0.6 is 0 Å². The summed E-state index contributed by atoms with van der Waals surface area (Å²) in [6.45, 7) is 1.37. The van der Waals surface area contributed by atoms with E-state index in [1.165, 1.54) is 30.4 Å². The first-order chi connectivity index (χ1) is 8.66. The van der Waals surface area contributed by atoms with Gasteiger partial charge in [-0.3, -0.25) is 0 Å². The van der Waals surface area contributed by atoms with Crippen molar-refractivity contribution >= 4 is 0 Å². The van der Waals surface area contributed by atoms with Gasteiger partial charge < -0.3 is 15.3 Å². The molecule has 2 N–H and O–H groups in total. The number of fused-ring (bicyclic) bond motifs is 1. The van der Waals surface area contributed by atoms with E-state index in [0.29, 0.717) is 19.1 Å². The van der Waals surface area contributed by atoms with Crippen molar-refractivity contribution < 1.29 is 5.11 Å². The molecule has 0 bridgehead atoms. The molecule has 1 aliphatic rings. The normalized spacial score (nSPS) is 20.8. The molecule has 0 aliphatic heterocycles. The van der Waals surface area contributed by atoms with E-state index in [4.69, 9.17) is 0 Å². The molecule has 3 nitrogen and oxygen atoms in total. The molecule has 1 aromatic carbocycles. The van der Waals surface area contributed by atoms with E-state index < -0.39 is 0 Å². The zero-order valence-corrected chi connectivity index (χ0v) is 11.4. The smallest absolute Gasteiger partial charge is 0.0791 e. The number of aliphatic hydroxyl groups is 1.